The predicted octanol–water partition coefficient (Wildman–Crippen LogP) is 4.57. The molecule has 0 radical (unpaired) electrons. The van der Waals surface area contributed by atoms with Gasteiger partial charge < -0.3 is 4.42 Å². The molecule has 0 aliphatic carbocycles. The van der Waals surface area contributed by atoms with E-state index in [4.69, 9.17) is 4.42 Å². The van der Waals surface area contributed by atoms with E-state index >= 15 is 0 Å². The number of carbonyl (C=O) groups is 1. The highest BCUT2D eigenvalue weighted by Gasteiger charge is 2.20. The number of anilines is 1. The maximum Gasteiger partial charge on any atom is 0.258 e. The molecule has 8 nitrogen and oxygen atoms in total. The van der Waals surface area contributed by atoms with Gasteiger partial charge in [-0.15, -0.1) is 10.2 Å². The highest BCUT2D eigenvalue weighted by Crippen LogP contribution is 2.28. The second-order valence-electron chi connectivity index (χ2n) is 7.51. The van der Waals surface area contributed by atoms with Crippen molar-refractivity contribution in [3.63, 3.8) is 0 Å². The van der Waals surface area contributed by atoms with Crippen LogP contribution in [0, 0.1) is 5.92 Å². The van der Waals surface area contributed by atoms with Crippen LogP contribution in [0.3, 0.4) is 0 Å². The highest BCUT2D eigenvalue weighted by molar-refractivity contribution is 7.15. The van der Waals surface area contributed by atoms with Crippen LogP contribution in [-0.4, -0.2) is 30.9 Å². The lowest BCUT2D eigenvalue weighted by Gasteiger charge is -2.09. The maximum atomic E-state index is 13.1. The van der Waals surface area contributed by atoms with Crippen LogP contribution in [0.1, 0.15) is 49.1 Å². The fraction of sp³-hybridized carbons (Fsp3) is 0.350. The molecule has 29 heavy (non-hydrogen) atoms. The number of hydrogen-bond donors (Lipinski definition) is 1. The van der Waals surface area contributed by atoms with E-state index in [0.29, 0.717) is 39.1 Å². The molecule has 0 bridgehead atoms. The third-order valence-corrected chi connectivity index (χ3v) is 5.21. The SMILES string of the molecule is CC(C)Cc1nnc(NC(=O)c2cc(-c3ccco3)nc3c2cnn3C(C)C)s1. The third kappa shape index (κ3) is 3.91. The van der Waals surface area contributed by atoms with Crippen LogP contribution < -0.4 is 5.32 Å². The Morgan fingerprint density at radius 3 is 2.79 bits per heavy atom. The summed E-state index contributed by atoms with van der Waals surface area (Å²) in [5.74, 6) is 0.789. The molecule has 150 valence electrons. The van der Waals surface area contributed by atoms with Crippen LogP contribution in [0.5, 0.6) is 0 Å². The summed E-state index contributed by atoms with van der Waals surface area (Å²) < 4.78 is 7.29. The van der Waals surface area contributed by atoms with Crippen LogP contribution in [0.4, 0.5) is 5.13 Å². The van der Waals surface area contributed by atoms with Gasteiger partial charge in [0.1, 0.15) is 10.7 Å². The molecule has 0 saturated heterocycles. The topological polar surface area (TPSA) is 98.7 Å². The zero-order valence-electron chi connectivity index (χ0n) is 16.7. The third-order valence-electron chi connectivity index (χ3n) is 4.34. The average molecular weight is 411 g/mol. The number of fused-ring (bicyclic) bond motifs is 1. The lowest BCUT2D eigenvalue weighted by Crippen LogP contribution is -2.13. The number of pyridine rings is 1. The number of nitrogens with one attached hydrogen (secondary N) is 1. The molecule has 0 fully saturated rings. The first kappa shape index (κ1) is 19.3. The summed E-state index contributed by atoms with van der Waals surface area (Å²) >= 11 is 1.39. The van der Waals surface area contributed by atoms with E-state index in [1.54, 1.807) is 29.3 Å². The van der Waals surface area contributed by atoms with E-state index in [1.807, 2.05) is 19.9 Å². The minimum Gasteiger partial charge on any atom is -0.463 e. The van der Waals surface area contributed by atoms with Crippen molar-refractivity contribution in [2.75, 3.05) is 5.32 Å². The number of hydrogen-bond acceptors (Lipinski definition) is 7. The van der Waals surface area contributed by atoms with Crippen molar-refractivity contribution in [3.05, 3.63) is 41.2 Å². The second-order valence-corrected chi connectivity index (χ2v) is 8.57. The summed E-state index contributed by atoms with van der Waals surface area (Å²) in [6.07, 6.45) is 4.09. The first-order valence-electron chi connectivity index (χ1n) is 9.48. The van der Waals surface area contributed by atoms with E-state index in [-0.39, 0.29) is 11.9 Å². The van der Waals surface area contributed by atoms with Crippen LogP contribution in [-0.2, 0) is 6.42 Å². The number of amides is 1. The maximum absolute atomic E-state index is 13.1. The van der Waals surface area contributed by atoms with Gasteiger partial charge in [0.25, 0.3) is 5.91 Å². The lowest BCUT2D eigenvalue weighted by molar-refractivity contribution is 0.102. The normalized spacial score (nSPS) is 11.7. The Morgan fingerprint density at radius 2 is 2.10 bits per heavy atom. The molecular formula is C20H22N6O2S. The van der Waals surface area contributed by atoms with Crippen molar-refractivity contribution in [2.45, 2.75) is 40.2 Å². The van der Waals surface area contributed by atoms with Gasteiger partial charge in [-0.2, -0.15) is 5.10 Å². The minimum absolute atomic E-state index is 0.101. The summed E-state index contributed by atoms with van der Waals surface area (Å²) in [5, 5.41) is 17.6. The zero-order valence-corrected chi connectivity index (χ0v) is 17.5. The molecule has 0 spiro atoms. The number of rotatable bonds is 6. The first-order valence-corrected chi connectivity index (χ1v) is 10.3. The Balaban J connectivity index is 1.73. The lowest BCUT2D eigenvalue weighted by atomic mass is 10.1. The molecule has 4 rings (SSSR count). The molecular weight excluding hydrogens is 388 g/mol. The van der Waals surface area contributed by atoms with E-state index < -0.39 is 0 Å². The Hall–Kier alpha value is -3.07. The number of carbonyl (C=O) groups excluding carboxylic acids is 1. The molecule has 0 aromatic carbocycles. The summed E-state index contributed by atoms with van der Waals surface area (Å²) in [6.45, 7) is 8.28. The van der Waals surface area contributed by atoms with E-state index in [2.05, 4.69) is 39.4 Å². The smallest absolute Gasteiger partial charge is 0.258 e. The van der Waals surface area contributed by atoms with Crippen LogP contribution in [0.25, 0.3) is 22.5 Å². The Bertz CT molecular complexity index is 1140. The second kappa shape index (κ2) is 7.75. The van der Waals surface area contributed by atoms with Crippen LogP contribution in [0.15, 0.2) is 35.1 Å². The predicted molar refractivity (Wildman–Crippen MR) is 112 cm³/mol. The van der Waals surface area contributed by atoms with Crippen molar-refractivity contribution in [3.8, 4) is 11.5 Å². The molecule has 4 aromatic heterocycles. The van der Waals surface area contributed by atoms with Gasteiger partial charge in [0.05, 0.1) is 23.4 Å². The molecule has 4 aromatic rings. The van der Waals surface area contributed by atoms with Crippen molar-refractivity contribution >= 4 is 33.4 Å². The van der Waals surface area contributed by atoms with Gasteiger partial charge in [-0.1, -0.05) is 25.2 Å². The van der Waals surface area contributed by atoms with Gasteiger partial charge in [-0.3, -0.25) is 10.1 Å². The first-order chi connectivity index (χ1) is 13.9. The molecule has 1 N–H and O–H groups in total. The molecule has 0 unspecified atom stereocenters. The molecule has 0 aliphatic heterocycles. The monoisotopic (exact) mass is 410 g/mol. The quantitative estimate of drug-likeness (QED) is 0.500. The standard InChI is InChI=1S/C20H22N6O2S/c1-11(2)8-17-24-25-20(29-17)23-19(27)13-9-15(16-6-5-7-28-16)22-18-14(13)10-21-26(18)12(3)4/h5-7,9-12H,8H2,1-4H3,(H,23,25,27). The molecule has 0 saturated carbocycles. The van der Waals surface area contributed by atoms with Gasteiger partial charge in [-0.05, 0) is 38.0 Å². The highest BCUT2D eigenvalue weighted by atomic mass is 32.1. The van der Waals surface area contributed by atoms with E-state index in [0.717, 1.165) is 11.4 Å². The van der Waals surface area contributed by atoms with E-state index in [1.165, 1.54) is 11.3 Å². The van der Waals surface area contributed by atoms with Gasteiger partial charge in [0.15, 0.2) is 11.4 Å². The Labute approximate surface area is 172 Å². The fourth-order valence-electron chi connectivity index (χ4n) is 3.03. The van der Waals surface area contributed by atoms with Crippen molar-refractivity contribution in [1.29, 1.82) is 0 Å². The van der Waals surface area contributed by atoms with Gasteiger partial charge in [0, 0.05) is 12.5 Å². The Kier molecular flexibility index (Phi) is 5.14. The van der Waals surface area contributed by atoms with Crippen LogP contribution >= 0.6 is 11.3 Å². The number of aromatic nitrogens is 5. The molecule has 0 aliphatic rings. The minimum atomic E-state index is -0.277. The van der Waals surface area contributed by atoms with Crippen LogP contribution in [0.2, 0.25) is 0 Å². The van der Waals surface area contributed by atoms with Gasteiger partial charge >= 0.3 is 0 Å². The molecule has 1 amide bonds. The number of furan rings is 1. The van der Waals surface area contributed by atoms with Gasteiger partial charge in [-0.25, -0.2) is 9.67 Å². The zero-order chi connectivity index (χ0) is 20.5. The average Bonchev–Trinajstić information content (AvgIpc) is 3.40. The Morgan fingerprint density at radius 1 is 1.28 bits per heavy atom. The van der Waals surface area contributed by atoms with Crippen molar-refractivity contribution in [2.24, 2.45) is 5.92 Å². The summed E-state index contributed by atoms with van der Waals surface area (Å²) in [7, 11) is 0. The summed E-state index contributed by atoms with van der Waals surface area (Å²) in [6, 6.07) is 5.43. The van der Waals surface area contributed by atoms with Crippen molar-refractivity contribution < 1.29 is 9.21 Å². The molecule has 0 atom stereocenters. The van der Waals surface area contributed by atoms with Crippen molar-refractivity contribution in [1.82, 2.24) is 25.0 Å². The van der Waals surface area contributed by atoms with E-state index in [9.17, 15) is 4.79 Å². The molecule has 9 heteroatoms. The van der Waals surface area contributed by atoms with Gasteiger partial charge in [0.2, 0.25) is 5.13 Å². The summed E-state index contributed by atoms with van der Waals surface area (Å²) in [5.41, 5.74) is 1.68. The largest absolute Gasteiger partial charge is 0.463 e. The molecule has 4 heterocycles. The summed E-state index contributed by atoms with van der Waals surface area (Å²) in [4.78, 5) is 17.8. The number of nitrogens with zero attached hydrogens (tertiary/aromatic N) is 5. The fourth-order valence-corrected chi connectivity index (χ4v) is 3.98.